The number of aromatic nitrogens is 4. The van der Waals surface area contributed by atoms with E-state index < -0.39 is 0 Å². The molecule has 2 heterocycles. The molecule has 0 aliphatic carbocycles. The molecule has 6 heteroatoms. The van der Waals surface area contributed by atoms with E-state index in [2.05, 4.69) is 22.2 Å². The van der Waals surface area contributed by atoms with E-state index in [-0.39, 0.29) is 6.04 Å². The van der Waals surface area contributed by atoms with Crippen molar-refractivity contribution in [2.24, 2.45) is 12.8 Å². The van der Waals surface area contributed by atoms with E-state index in [0.29, 0.717) is 18.1 Å². The van der Waals surface area contributed by atoms with Crippen molar-refractivity contribution in [1.29, 1.82) is 0 Å². The summed E-state index contributed by atoms with van der Waals surface area (Å²) in [5, 5.41) is 8.31. The maximum atomic E-state index is 5.87. The normalized spacial score (nSPS) is 12.9. The molecule has 0 spiro atoms. The molecule has 0 bridgehead atoms. The summed E-state index contributed by atoms with van der Waals surface area (Å²) in [6.45, 7) is 4.10. The predicted molar refractivity (Wildman–Crippen MR) is 67.8 cm³/mol. The van der Waals surface area contributed by atoms with Crippen molar-refractivity contribution < 1.29 is 4.52 Å². The number of hydrogen-bond donors (Lipinski definition) is 1. The highest BCUT2D eigenvalue weighted by atomic mass is 16.5. The summed E-state index contributed by atoms with van der Waals surface area (Å²) in [5.41, 5.74) is 7.72. The molecule has 0 aromatic carbocycles. The van der Waals surface area contributed by atoms with Crippen molar-refractivity contribution in [3.8, 4) is 11.6 Å². The number of rotatable bonds is 5. The smallest absolute Gasteiger partial charge is 0.276 e. The minimum Gasteiger partial charge on any atom is -0.332 e. The van der Waals surface area contributed by atoms with E-state index in [4.69, 9.17) is 10.3 Å². The standard InChI is InChI=1S/C12H19N5O/c1-4-8(13)6-11-14-12(18-16-11)10-7-9(5-2)15-17(10)3/h7-8H,4-6,13H2,1-3H3. The third kappa shape index (κ3) is 2.59. The van der Waals surface area contributed by atoms with Crippen LogP contribution in [0.15, 0.2) is 10.6 Å². The van der Waals surface area contributed by atoms with Crippen molar-refractivity contribution in [2.45, 2.75) is 39.2 Å². The van der Waals surface area contributed by atoms with Gasteiger partial charge in [-0.2, -0.15) is 10.1 Å². The Kier molecular flexibility index (Phi) is 3.76. The zero-order valence-corrected chi connectivity index (χ0v) is 11.1. The molecule has 0 aliphatic rings. The highest BCUT2D eigenvalue weighted by Crippen LogP contribution is 2.18. The Balaban J connectivity index is 2.20. The zero-order valence-electron chi connectivity index (χ0n) is 11.1. The first-order valence-corrected chi connectivity index (χ1v) is 6.25. The van der Waals surface area contributed by atoms with Gasteiger partial charge in [-0.3, -0.25) is 4.68 Å². The Hall–Kier alpha value is -1.69. The summed E-state index contributed by atoms with van der Waals surface area (Å²) in [6.07, 6.45) is 2.42. The van der Waals surface area contributed by atoms with Gasteiger partial charge in [0.25, 0.3) is 5.89 Å². The fraction of sp³-hybridized carbons (Fsp3) is 0.583. The molecule has 1 unspecified atom stereocenters. The Morgan fingerprint density at radius 1 is 1.44 bits per heavy atom. The van der Waals surface area contributed by atoms with Crippen LogP contribution in [0.5, 0.6) is 0 Å². The van der Waals surface area contributed by atoms with Crippen molar-refractivity contribution in [2.75, 3.05) is 0 Å². The minimum absolute atomic E-state index is 0.0770. The summed E-state index contributed by atoms with van der Waals surface area (Å²) in [6, 6.07) is 2.05. The first-order valence-electron chi connectivity index (χ1n) is 6.25. The summed E-state index contributed by atoms with van der Waals surface area (Å²) >= 11 is 0. The molecule has 2 rings (SSSR count). The monoisotopic (exact) mass is 249 g/mol. The Bertz CT molecular complexity index is 516. The molecule has 98 valence electrons. The summed E-state index contributed by atoms with van der Waals surface area (Å²) in [5.74, 6) is 1.15. The van der Waals surface area contributed by atoms with Crippen molar-refractivity contribution in [3.05, 3.63) is 17.6 Å². The number of nitrogens with zero attached hydrogens (tertiary/aromatic N) is 4. The summed E-state index contributed by atoms with van der Waals surface area (Å²) < 4.78 is 7.02. The third-order valence-electron chi connectivity index (χ3n) is 2.95. The quantitative estimate of drug-likeness (QED) is 0.863. The Labute approximate surface area is 106 Å². The molecule has 2 N–H and O–H groups in total. The average Bonchev–Trinajstić information content (AvgIpc) is 2.95. The first kappa shape index (κ1) is 12.8. The SMILES string of the molecule is CCc1cc(-c2nc(CC(N)CC)no2)n(C)n1. The van der Waals surface area contributed by atoms with Crippen LogP contribution in [0.3, 0.4) is 0 Å². The van der Waals surface area contributed by atoms with Crippen LogP contribution in [0.25, 0.3) is 11.6 Å². The van der Waals surface area contributed by atoms with Gasteiger partial charge in [0, 0.05) is 19.5 Å². The van der Waals surface area contributed by atoms with E-state index in [1.807, 2.05) is 20.0 Å². The van der Waals surface area contributed by atoms with Gasteiger partial charge < -0.3 is 10.3 Å². The number of nitrogens with two attached hydrogens (primary N) is 1. The topological polar surface area (TPSA) is 82.8 Å². The molecule has 0 fully saturated rings. The van der Waals surface area contributed by atoms with Crippen molar-refractivity contribution in [1.82, 2.24) is 19.9 Å². The van der Waals surface area contributed by atoms with Gasteiger partial charge in [0.2, 0.25) is 0 Å². The third-order valence-corrected chi connectivity index (χ3v) is 2.95. The lowest BCUT2D eigenvalue weighted by Crippen LogP contribution is -2.21. The molecule has 0 saturated carbocycles. The largest absolute Gasteiger partial charge is 0.332 e. The molecule has 2 aromatic heterocycles. The van der Waals surface area contributed by atoms with Crippen LogP contribution < -0.4 is 5.73 Å². The lowest BCUT2D eigenvalue weighted by atomic mass is 10.2. The molecular formula is C12H19N5O. The van der Waals surface area contributed by atoms with Gasteiger partial charge in [-0.25, -0.2) is 0 Å². The molecule has 6 nitrogen and oxygen atoms in total. The van der Waals surface area contributed by atoms with Gasteiger partial charge in [-0.1, -0.05) is 19.0 Å². The van der Waals surface area contributed by atoms with Gasteiger partial charge >= 0.3 is 0 Å². The Morgan fingerprint density at radius 3 is 2.83 bits per heavy atom. The maximum absolute atomic E-state index is 5.87. The second-order valence-corrected chi connectivity index (χ2v) is 4.39. The average molecular weight is 249 g/mol. The Morgan fingerprint density at radius 2 is 2.22 bits per heavy atom. The first-order chi connectivity index (χ1) is 8.63. The summed E-state index contributed by atoms with van der Waals surface area (Å²) in [4.78, 5) is 4.36. The van der Waals surface area contributed by atoms with E-state index in [0.717, 1.165) is 24.2 Å². The fourth-order valence-electron chi connectivity index (χ4n) is 1.72. The van der Waals surface area contributed by atoms with Gasteiger partial charge in [0.1, 0.15) is 5.69 Å². The van der Waals surface area contributed by atoms with Gasteiger partial charge in [-0.05, 0) is 18.9 Å². The molecule has 0 saturated heterocycles. The van der Waals surface area contributed by atoms with Gasteiger partial charge in [-0.15, -0.1) is 0 Å². The van der Waals surface area contributed by atoms with Crippen LogP contribution in [0.1, 0.15) is 31.8 Å². The minimum atomic E-state index is 0.0770. The predicted octanol–water partition coefficient (Wildman–Crippen LogP) is 1.31. The lowest BCUT2D eigenvalue weighted by molar-refractivity contribution is 0.416. The van der Waals surface area contributed by atoms with Crippen LogP contribution >= 0.6 is 0 Å². The number of hydrogen-bond acceptors (Lipinski definition) is 5. The molecule has 2 aromatic rings. The zero-order chi connectivity index (χ0) is 13.1. The highest BCUT2D eigenvalue weighted by molar-refractivity contribution is 5.47. The molecule has 1 atom stereocenters. The van der Waals surface area contributed by atoms with Crippen LogP contribution in [-0.2, 0) is 19.9 Å². The van der Waals surface area contributed by atoms with Crippen LogP contribution in [-0.4, -0.2) is 26.0 Å². The molecule has 0 amide bonds. The van der Waals surface area contributed by atoms with Gasteiger partial charge in [0.15, 0.2) is 5.82 Å². The molecule has 0 aliphatic heterocycles. The second-order valence-electron chi connectivity index (χ2n) is 4.39. The van der Waals surface area contributed by atoms with Crippen LogP contribution in [0, 0.1) is 0 Å². The van der Waals surface area contributed by atoms with Gasteiger partial charge in [0.05, 0.1) is 5.69 Å². The number of aryl methyl sites for hydroxylation is 2. The van der Waals surface area contributed by atoms with E-state index in [9.17, 15) is 0 Å². The highest BCUT2D eigenvalue weighted by Gasteiger charge is 2.15. The van der Waals surface area contributed by atoms with Crippen LogP contribution in [0.2, 0.25) is 0 Å². The molecule has 0 radical (unpaired) electrons. The van der Waals surface area contributed by atoms with Crippen molar-refractivity contribution in [3.63, 3.8) is 0 Å². The van der Waals surface area contributed by atoms with E-state index >= 15 is 0 Å². The fourth-order valence-corrected chi connectivity index (χ4v) is 1.72. The summed E-state index contributed by atoms with van der Waals surface area (Å²) in [7, 11) is 1.87. The van der Waals surface area contributed by atoms with E-state index in [1.54, 1.807) is 4.68 Å². The second kappa shape index (κ2) is 5.30. The lowest BCUT2D eigenvalue weighted by Gasteiger charge is -2.02. The molecule has 18 heavy (non-hydrogen) atoms. The van der Waals surface area contributed by atoms with Crippen LogP contribution in [0.4, 0.5) is 0 Å². The van der Waals surface area contributed by atoms with Crippen molar-refractivity contribution >= 4 is 0 Å². The molecular weight excluding hydrogens is 230 g/mol. The van der Waals surface area contributed by atoms with E-state index in [1.165, 1.54) is 0 Å². The maximum Gasteiger partial charge on any atom is 0.276 e.